The molecular formula is C29H37FN4O5Si. The minimum atomic E-state index is -3.20. The van der Waals surface area contributed by atoms with E-state index >= 15 is 4.11 Å². The number of ether oxygens (including phenoxy) is 3. The molecule has 2 aromatic carbocycles. The molecule has 5 rings (SSSR count). The number of carbonyl (C=O) groups excluding carboxylic acids is 1. The number of aromatic nitrogens is 3. The van der Waals surface area contributed by atoms with Gasteiger partial charge in [-0.15, -0.1) is 5.10 Å². The zero-order chi connectivity index (χ0) is 28.4. The number of halogens is 1. The molecule has 2 unspecified atom stereocenters. The maximum absolute atomic E-state index is 15.9. The molecule has 0 spiro atoms. The summed E-state index contributed by atoms with van der Waals surface area (Å²) in [5, 5.41) is 18.6. The Labute approximate surface area is 235 Å². The lowest BCUT2D eigenvalue weighted by Crippen LogP contribution is -2.46. The Kier molecular flexibility index (Phi) is 8.25. The molecule has 0 bridgehead atoms. The highest BCUT2D eigenvalue weighted by atomic mass is 28.4. The molecular weight excluding hydrogens is 531 g/mol. The van der Waals surface area contributed by atoms with Crippen LogP contribution in [0.4, 0.5) is 14.6 Å². The van der Waals surface area contributed by atoms with Gasteiger partial charge in [0, 0.05) is 42.6 Å². The third kappa shape index (κ3) is 5.63. The molecule has 1 aromatic heterocycles. The summed E-state index contributed by atoms with van der Waals surface area (Å²) in [6.07, 6.45) is 1.27. The average molecular weight is 569 g/mol. The third-order valence-electron chi connectivity index (χ3n) is 8.13. The highest BCUT2D eigenvalue weighted by Gasteiger charge is 2.47. The van der Waals surface area contributed by atoms with Crippen LogP contribution in [0.25, 0.3) is 0 Å². The number of anilines is 1. The molecule has 2 aliphatic rings. The van der Waals surface area contributed by atoms with Crippen LogP contribution in [-0.2, 0) is 16.0 Å². The summed E-state index contributed by atoms with van der Waals surface area (Å²) < 4.78 is 35.2. The molecule has 0 aliphatic carbocycles. The van der Waals surface area contributed by atoms with Crippen molar-refractivity contribution in [1.29, 1.82) is 0 Å². The maximum atomic E-state index is 15.9. The summed E-state index contributed by atoms with van der Waals surface area (Å²) in [6.45, 7) is 6.71. The number of hydrogen-bond donors (Lipinski definition) is 1. The molecule has 0 saturated carbocycles. The van der Waals surface area contributed by atoms with E-state index in [1.807, 2.05) is 61.7 Å². The van der Waals surface area contributed by atoms with E-state index in [2.05, 4.69) is 10.3 Å². The Bertz CT molecular complexity index is 1320. The number of aliphatic hydroxyl groups excluding tert-OH is 1. The van der Waals surface area contributed by atoms with Crippen molar-refractivity contribution >= 4 is 20.2 Å². The van der Waals surface area contributed by atoms with Crippen molar-refractivity contribution in [3.8, 4) is 5.75 Å². The number of aliphatic hydroxyl groups is 1. The fourth-order valence-electron chi connectivity index (χ4n) is 5.97. The second-order valence-electron chi connectivity index (χ2n) is 11.1. The van der Waals surface area contributed by atoms with Crippen LogP contribution in [0.1, 0.15) is 42.2 Å². The van der Waals surface area contributed by atoms with Gasteiger partial charge in [0.05, 0.1) is 30.9 Å². The van der Waals surface area contributed by atoms with Crippen molar-refractivity contribution in [2.45, 2.75) is 56.7 Å². The number of benzene rings is 2. The number of rotatable bonds is 10. The summed E-state index contributed by atoms with van der Waals surface area (Å²) in [5.41, 5.74) is 2.88. The average Bonchev–Trinajstić information content (AvgIpc) is 3.58. The molecule has 1 fully saturated rings. The standard InChI is InChI=1S/C29H37FN4O5Si/c1-19-27(37-2)22-16-21(34-14-15-38-29(34)36)10-11-25(22)39-28(19)26(40(3,4)30)12-13-33-17-24(31-32-33)23(18-35)20-8-6-5-7-9-20/h5-11,16-17,19,23,26-28,35H,12-15,18H2,1-4H3/t19-,23?,26?,27-,28-/m0/s1. The van der Waals surface area contributed by atoms with Crippen LogP contribution in [-0.4, -0.2) is 67.6 Å². The summed E-state index contributed by atoms with van der Waals surface area (Å²) in [6, 6.07) is 15.3. The van der Waals surface area contributed by atoms with Gasteiger partial charge >= 0.3 is 6.09 Å². The number of methoxy groups -OCH3 is 1. The predicted octanol–water partition coefficient (Wildman–Crippen LogP) is 5.08. The number of fused-ring (bicyclic) bond motifs is 1. The lowest BCUT2D eigenvalue weighted by Gasteiger charge is -2.43. The van der Waals surface area contributed by atoms with Crippen LogP contribution in [0, 0.1) is 5.92 Å². The SMILES string of the molecule is CO[C@@H]1c2cc(N3CCOC3=O)ccc2O[C@H](C(CCn2cc(C(CO)c3ccccc3)nn2)[Si](C)(C)F)[C@H]1C. The Balaban J connectivity index is 1.35. The molecule has 3 heterocycles. The van der Waals surface area contributed by atoms with Gasteiger partial charge in [-0.3, -0.25) is 9.58 Å². The van der Waals surface area contributed by atoms with Gasteiger partial charge in [-0.25, -0.2) is 4.79 Å². The molecule has 214 valence electrons. The van der Waals surface area contributed by atoms with E-state index in [-0.39, 0.29) is 36.2 Å². The summed E-state index contributed by atoms with van der Waals surface area (Å²) in [7, 11) is -1.55. The molecule has 1 amide bonds. The second kappa shape index (κ2) is 11.7. The first-order valence-corrected chi connectivity index (χ1v) is 16.7. The van der Waals surface area contributed by atoms with Gasteiger partial charge in [-0.2, -0.15) is 0 Å². The Morgan fingerprint density at radius 1 is 1.23 bits per heavy atom. The first-order chi connectivity index (χ1) is 19.2. The summed E-state index contributed by atoms with van der Waals surface area (Å²) >= 11 is 0. The van der Waals surface area contributed by atoms with Crippen molar-refractivity contribution in [2.24, 2.45) is 5.92 Å². The smallest absolute Gasteiger partial charge is 0.414 e. The van der Waals surface area contributed by atoms with Crippen molar-refractivity contribution < 1.29 is 28.2 Å². The minimum absolute atomic E-state index is 0.0817. The quantitative estimate of drug-likeness (QED) is 0.269. The topological polar surface area (TPSA) is 98.9 Å². The fourth-order valence-corrected chi connectivity index (χ4v) is 7.94. The van der Waals surface area contributed by atoms with Gasteiger partial charge in [0.15, 0.2) is 0 Å². The zero-order valence-corrected chi connectivity index (χ0v) is 24.4. The number of cyclic esters (lactones) is 1. The van der Waals surface area contributed by atoms with Gasteiger partial charge in [0.1, 0.15) is 18.5 Å². The molecule has 11 heteroatoms. The first kappa shape index (κ1) is 28.3. The number of nitrogens with zero attached hydrogens (tertiary/aromatic N) is 4. The molecule has 2 aliphatic heterocycles. The number of carbonyl (C=O) groups is 1. The normalized spacial score (nSPS) is 22.4. The highest BCUT2D eigenvalue weighted by Crippen LogP contribution is 2.48. The van der Waals surface area contributed by atoms with Gasteiger partial charge in [-0.1, -0.05) is 42.5 Å². The maximum Gasteiger partial charge on any atom is 0.414 e. The van der Waals surface area contributed by atoms with E-state index in [0.29, 0.717) is 37.6 Å². The van der Waals surface area contributed by atoms with E-state index in [1.165, 1.54) is 0 Å². The lowest BCUT2D eigenvalue weighted by molar-refractivity contribution is -0.0242. The van der Waals surface area contributed by atoms with Crippen LogP contribution in [0.15, 0.2) is 54.7 Å². The highest BCUT2D eigenvalue weighted by molar-refractivity contribution is 6.72. The van der Waals surface area contributed by atoms with Gasteiger partial charge in [0.25, 0.3) is 0 Å². The van der Waals surface area contributed by atoms with Crippen molar-refractivity contribution in [2.75, 3.05) is 31.8 Å². The second-order valence-corrected chi connectivity index (χ2v) is 15.0. The van der Waals surface area contributed by atoms with E-state index in [9.17, 15) is 9.90 Å². The molecule has 40 heavy (non-hydrogen) atoms. The largest absolute Gasteiger partial charge is 0.490 e. The summed E-state index contributed by atoms with van der Waals surface area (Å²) in [4.78, 5) is 13.7. The Morgan fingerprint density at radius 3 is 2.65 bits per heavy atom. The van der Waals surface area contributed by atoms with E-state index in [1.54, 1.807) is 29.8 Å². The molecule has 0 radical (unpaired) electrons. The number of aryl methyl sites for hydroxylation is 1. The Morgan fingerprint density at radius 2 is 2.00 bits per heavy atom. The van der Waals surface area contributed by atoms with Crippen LogP contribution in [0.2, 0.25) is 18.6 Å². The zero-order valence-electron chi connectivity index (χ0n) is 23.4. The Hall–Kier alpha value is -3.28. The van der Waals surface area contributed by atoms with E-state index < -0.39 is 14.5 Å². The van der Waals surface area contributed by atoms with Crippen molar-refractivity contribution in [1.82, 2.24) is 15.0 Å². The van der Waals surface area contributed by atoms with Crippen LogP contribution < -0.4 is 9.64 Å². The molecule has 9 nitrogen and oxygen atoms in total. The summed E-state index contributed by atoms with van der Waals surface area (Å²) in [5.74, 6) is 0.242. The van der Waals surface area contributed by atoms with E-state index in [4.69, 9.17) is 14.2 Å². The monoisotopic (exact) mass is 568 g/mol. The van der Waals surface area contributed by atoms with Crippen LogP contribution in [0.3, 0.4) is 0 Å². The van der Waals surface area contributed by atoms with Gasteiger partial charge in [0.2, 0.25) is 8.41 Å². The number of hydrogen-bond acceptors (Lipinski definition) is 7. The van der Waals surface area contributed by atoms with Crippen LogP contribution >= 0.6 is 0 Å². The molecule has 5 atom stereocenters. The fraction of sp³-hybridized carbons (Fsp3) is 0.483. The van der Waals surface area contributed by atoms with Gasteiger partial charge in [-0.05, 0) is 43.3 Å². The third-order valence-corrected chi connectivity index (χ3v) is 10.5. The predicted molar refractivity (Wildman–Crippen MR) is 151 cm³/mol. The molecule has 3 aromatic rings. The van der Waals surface area contributed by atoms with Crippen molar-refractivity contribution in [3.05, 3.63) is 71.5 Å². The minimum Gasteiger partial charge on any atom is -0.490 e. The van der Waals surface area contributed by atoms with Gasteiger partial charge < -0.3 is 23.4 Å². The van der Waals surface area contributed by atoms with E-state index in [0.717, 1.165) is 16.8 Å². The van der Waals surface area contributed by atoms with Crippen LogP contribution in [0.5, 0.6) is 5.75 Å². The molecule has 1 saturated heterocycles. The molecule has 1 N–H and O–H groups in total. The number of amides is 1. The lowest BCUT2D eigenvalue weighted by atomic mass is 9.86. The van der Waals surface area contributed by atoms with Crippen molar-refractivity contribution in [3.63, 3.8) is 0 Å². The first-order valence-electron chi connectivity index (χ1n) is 13.7.